The Morgan fingerprint density at radius 1 is 1.03 bits per heavy atom. The van der Waals surface area contributed by atoms with Gasteiger partial charge in [-0.25, -0.2) is 12.8 Å². The lowest BCUT2D eigenvalue weighted by Crippen LogP contribution is -2.50. The molecule has 0 bridgehead atoms. The molecule has 0 aliphatic carbocycles. The van der Waals surface area contributed by atoms with E-state index in [9.17, 15) is 27.7 Å². The van der Waals surface area contributed by atoms with Gasteiger partial charge in [0.1, 0.15) is 5.82 Å². The second-order valence-corrected chi connectivity index (χ2v) is 10.7. The van der Waals surface area contributed by atoms with E-state index < -0.39 is 20.8 Å². The normalized spacial score (nSPS) is 18.2. The predicted octanol–water partition coefficient (Wildman–Crippen LogP) is 3.12. The van der Waals surface area contributed by atoms with Gasteiger partial charge >= 0.3 is 0 Å². The van der Waals surface area contributed by atoms with Gasteiger partial charge in [0.2, 0.25) is 10.0 Å². The number of sulfonamides is 1. The van der Waals surface area contributed by atoms with Crippen LogP contribution in [0.25, 0.3) is 0 Å². The summed E-state index contributed by atoms with van der Waals surface area (Å²) in [7, 11) is -3.89. The molecule has 0 N–H and O–H groups in total. The van der Waals surface area contributed by atoms with Crippen LogP contribution < -0.4 is 4.90 Å². The molecule has 4 rings (SSSR count). The second kappa shape index (κ2) is 9.67. The number of anilines is 1. The third-order valence-corrected chi connectivity index (χ3v) is 8.40. The second-order valence-electron chi connectivity index (χ2n) is 8.78. The number of hydrogen-bond donors (Lipinski definition) is 0. The number of nitro benzene ring substituents is 1. The molecular formula is C23H27FN4O5S. The fourth-order valence-electron chi connectivity index (χ4n) is 4.41. The molecule has 2 aromatic carbocycles. The summed E-state index contributed by atoms with van der Waals surface area (Å²) in [5, 5.41) is 11.4. The van der Waals surface area contributed by atoms with Gasteiger partial charge in [-0.1, -0.05) is 13.0 Å². The summed E-state index contributed by atoms with van der Waals surface area (Å²) in [6.07, 6.45) is 1.95. The van der Waals surface area contributed by atoms with Crippen LogP contribution in [0.3, 0.4) is 0 Å². The standard InChI is InChI=1S/C23H27FN4O5S/c1-17-7-9-25(10-8-17)22-6-5-19(28(30)31)16-21(22)23(29)26-11-13-27(14-12-26)34(32,33)20-4-2-3-18(24)15-20/h2-6,15-17H,7-14H2,1H3. The minimum absolute atomic E-state index is 0.0517. The fourth-order valence-corrected chi connectivity index (χ4v) is 5.87. The first-order valence-corrected chi connectivity index (χ1v) is 12.7. The Bertz CT molecular complexity index is 1190. The average molecular weight is 491 g/mol. The number of nitro groups is 1. The Balaban J connectivity index is 1.53. The molecule has 0 saturated carbocycles. The molecule has 9 nitrogen and oxygen atoms in total. The third-order valence-electron chi connectivity index (χ3n) is 6.51. The van der Waals surface area contributed by atoms with Crippen LogP contribution in [0, 0.1) is 21.8 Å². The number of rotatable bonds is 5. The Morgan fingerprint density at radius 3 is 2.32 bits per heavy atom. The zero-order valence-electron chi connectivity index (χ0n) is 18.9. The quantitative estimate of drug-likeness (QED) is 0.471. The number of nitrogens with zero attached hydrogens (tertiary/aromatic N) is 4. The Kier molecular flexibility index (Phi) is 6.85. The topological polar surface area (TPSA) is 104 Å². The summed E-state index contributed by atoms with van der Waals surface area (Å²) in [4.78, 5) is 27.7. The van der Waals surface area contributed by atoms with Crippen molar-refractivity contribution in [2.45, 2.75) is 24.7 Å². The molecule has 2 saturated heterocycles. The van der Waals surface area contributed by atoms with Crippen molar-refractivity contribution in [1.82, 2.24) is 9.21 Å². The third kappa shape index (κ3) is 4.90. The molecule has 2 heterocycles. The number of non-ortho nitro benzene ring substituents is 1. The maximum absolute atomic E-state index is 13.5. The van der Waals surface area contributed by atoms with Gasteiger partial charge in [0.25, 0.3) is 11.6 Å². The van der Waals surface area contributed by atoms with Crippen molar-refractivity contribution in [3.63, 3.8) is 0 Å². The van der Waals surface area contributed by atoms with Crippen LogP contribution in [0.4, 0.5) is 15.8 Å². The van der Waals surface area contributed by atoms with E-state index in [1.807, 2.05) is 0 Å². The van der Waals surface area contributed by atoms with Crippen molar-refractivity contribution >= 4 is 27.3 Å². The maximum Gasteiger partial charge on any atom is 0.270 e. The summed E-state index contributed by atoms with van der Waals surface area (Å²) in [5.41, 5.74) is 0.757. The van der Waals surface area contributed by atoms with E-state index in [4.69, 9.17) is 0 Å². The summed E-state index contributed by atoms with van der Waals surface area (Å²) in [6, 6.07) is 9.18. The van der Waals surface area contributed by atoms with Gasteiger partial charge in [-0.15, -0.1) is 0 Å². The SMILES string of the molecule is CC1CCN(c2ccc([N+](=O)[O-])cc2C(=O)N2CCN(S(=O)(=O)c3cccc(F)c3)CC2)CC1. The van der Waals surface area contributed by atoms with Crippen molar-refractivity contribution in [3.05, 3.63) is 64.0 Å². The molecule has 1 amide bonds. The number of carbonyl (C=O) groups excluding carboxylic acids is 1. The Hall–Kier alpha value is -3.05. The van der Waals surface area contributed by atoms with Crippen LogP contribution in [-0.2, 0) is 10.0 Å². The van der Waals surface area contributed by atoms with Crippen LogP contribution in [0.15, 0.2) is 47.4 Å². The number of amides is 1. The monoisotopic (exact) mass is 490 g/mol. The number of hydrogen-bond acceptors (Lipinski definition) is 6. The van der Waals surface area contributed by atoms with Crippen molar-refractivity contribution < 1.29 is 22.5 Å². The van der Waals surface area contributed by atoms with E-state index in [-0.39, 0.29) is 48.2 Å². The van der Waals surface area contributed by atoms with Crippen LogP contribution in [0.5, 0.6) is 0 Å². The summed E-state index contributed by atoms with van der Waals surface area (Å²) < 4.78 is 40.5. The summed E-state index contributed by atoms with van der Waals surface area (Å²) in [6.45, 7) is 4.07. The van der Waals surface area contributed by atoms with Crippen LogP contribution >= 0.6 is 0 Å². The van der Waals surface area contributed by atoms with Crippen LogP contribution in [0.1, 0.15) is 30.1 Å². The first-order chi connectivity index (χ1) is 16.2. The lowest BCUT2D eigenvalue weighted by Gasteiger charge is -2.36. The Morgan fingerprint density at radius 2 is 1.71 bits per heavy atom. The number of piperazine rings is 1. The van der Waals surface area contributed by atoms with E-state index >= 15 is 0 Å². The van der Waals surface area contributed by atoms with E-state index in [0.29, 0.717) is 11.6 Å². The molecular weight excluding hydrogens is 463 g/mol. The first-order valence-electron chi connectivity index (χ1n) is 11.2. The maximum atomic E-state index is 13.5. The van der Waals surface area contributed by atoms with Gasteiger partial charge in [-0.05, 0) is 43.0 Å². The predicted molar refractivity (Wildman–Crippen MR) is 125 cm³/mol. The largest absolute Gasteiger partial charge is 0.371 e. The van der Waals surface area contributed by atoms with E-state index in [1.54, 1.807) is 6.07 Å². The molecule has 0 unspecified atom stereocenters. The van der Waals surface area contributed by atoms with Crippen LogP contribution in [0.2, 0.25) is 0 Å². The average Bonchev–Trinajstić information content (AvgIpc) is 2.84. The first kappa shape index (κ1) is 24.1. The highest BCUT2D eigenvalue weighted by Crippen LogP contribution is 2.31. The van der Waals surface area contributed by atoms with Gasteiger partial charge in [-0.2, -0.15) is 4.31 Å². The Labute approximate surface area is 198 Å². The molecule has 0 spiro atoms. The zero-order chi connectivity index (χ0) is 24.5. The molecule has 182 valence electrons. The summed E-state index contributed by atoms with van der Waals surface area (Å²) >= 11 is 0. The van der Waals surface area contributed by atoms with Gasteiger partial charge in [0.15, 0.2) is 0 Å². The smallest absolute Gasteiger partial charge is 0.270 e. The van der Waals surface area contributed by atoms with Gasteiger partial charge < -0.3 is 9.80 Å². The van der Waals surface area contributed by atoms with E-state index in [2.05, 4.69) is 11.8 Å². The molecule has 2 aliphatic rings. The lowest BCUT2D eigenvalue weighted by molar-refractivity contribution is -0.384. The van der Waals surface area contributed by atoms with Crippen molar-refractivity contribution in [2.24, 2.45) is 5.92 Å². The van der Waals surface area contributed by atoms with E-state index in [1.165, 1.54) is 39.5 Å². The van der Waals surface area contributed by atoms with Crippen molar-refractivity contribution in [3.8, 4) is 0 Å². The highest BCUT2D eigenvalue weighted by Gasteiger charge is 2.32. The fraction of sp³-hybridized carbons (Fsp3) is 0.435. The molecule has 2 fully saturated rings. The number of piperidine rings is 1. The van der Waals surface area contributed by atoms with Gasteiger partial charge in [-0.3, -0.25) is 14.9 Å². The zero-order valence-corrected chi connectivity index (χ0v) is 19.7. The summed E-state index contributed by atoms with van der Waals surface area (Å²) in [5.74, 6) is -0.415. The van der Waals surface area contributed by atoms with Crippen LogP contribution in [-0.4, -0.2) is 67.7 Å². The highest BCUT2D eigenvalue weighted by molar-refractivity contribution is 7.89. The number of carbonyl (C=O) groups is 1. The number of halogens is 1. The molecule has 0 radical (unpaired) electrons. The lowest BCUT2D eigenvalue weighted by atomic mass is 9.97. The van der Waals surface area contributed by atoms with Gasteiger partial charge in [0, 0.05) is 51.4 Å². The minimum Gasteiger partial charge on any atom is -0.371 e. The highest BCUT2D eigenvalue weighted by atomic mass is 32.2. The molecule has 34 heavy (non-hydrogen) atoms. The molecule has 2 aromatic rings. The van der Waals surface area contributed by atoms with Crippen molar-refractivity contribution in [1.29, 1.82) is 0 Å². The van der Waals surface area contributed by atoms with E-state index in [0.717, 1.165) is 32.0 Å². The molecule has 11 heteroatoms. The molecule has 0 atom stereocenters. The number of benzene rings is 2. The molecule has 2 aliphatic heterocycles. The molecule has 0 aromatic heterocycles. The minimum atomic E-state index is -3.89. The van der Waals surface area contributed by atoms with Gasteiger partial charge in [0.05, 0.1) is 21.1 Å². The van der Waals surface area contributed by atoms with Crippen molar-refractivity contribution in [2.75, 3.05) is 44.2 Å².